The van der Waals surface area contributed by atoms with Gasteiger partial charge in [0.2, 0.25) is 0 Å². The Kier molecular flexibility index (Phi) is 6.83. The van der Waals surface area contributed by atoms with E-state index < -0.39 is 17.8 Å². The lowest BCUT2D eigenvalue weighted by Gasteiger charge is -2.17. The maximum absolute atomic E-state index is 13.0. The molecule has 0 spiro atoms. The number of carbonyl (C=O) groups is 1. The van der Waals surface area contributed by atoms with E-state index in [9.17, 15) is 18.0 Å². The second-order valence-electron chi connectivity index (χ2n) is 5.61. The molecule has 1 aromatic heterocycles. The molecule has 0 N–H and O–H groups in total. The fourth-order valence-electron chi connectivity index (χ4n) is 2.05. The van der Waals surface area contributed by atoms with Crippen LogP contribution >= 0.6 is 11.9 Å². The second-order valence-corrected chi connectivity index (χ2v) is 6.78. The molecule has 2 aromatic rings. The van der Waals surface area contributed by atoms with E-state index in [0.717, 1.165) is 22.3 Å². The number of alkyl halides is 3. The second kappa shape index (κ2) is 8.89. The van der Waals surface area contributed by atoms with Crippen molar-refractivity contribution in [2.75, 3.05) is 7.05 Å². The molecule has 0 aliphatic heterocycles. The Hall–Kier alpha value is -2.56. The molecule has 146 valence electrons. The van der Waals surface area contributed by atoms with Crippen molar-refractivity contribution in [1.29, 1.82) is 0 Å². The molecule has 1 aromatic carbocycles. The van der Waals surface area contributed by atoms with Gasteiger partial charge in [0.05, 0.1) is 11.3 Å². The van der Waals surface area contributed by atoms with E-state index in [0.29, 0.717) is 23.6 Å². The Bertz CT molecular complexity index is 809. The van der Waals surface area contributed by atoms with Crippen molar-refractivity contribution in [3.05, 3.63) is 42.0 Å². The number of hydrogen-bond acceptors (Lipinski definition) is 6. The van der Waals surface area contributed by atoms with Crippen LogP contribution < -0.4 is 0 Å². The Morgan fingerprint density at radius 3 is 2.78 bits per heavy atom. The highest BCUT2D eigenvalue weighted by Crippen LogP contribution is 2.36. The Labute approximate surface area is 158 Å². The van der Waals surface area contributed by atoms with Crippen LogP contribution in [0.4, 0.5) is 18.0 Å². The number of carbonyl (C=O) groups excluding carboxylic acids is 1. The van der Waals surface area contributed by atoms with Gasteiger partial charge in [-0.1, -0.05) is 11.2 Å². The van der Waals surface area contributed by atoms with Crippen LogP contribution in [-0.4, -0.2) is 37.9 Å². The lowest BCUT2D eigenvalue weighted by Crippen LogP contribution is -2.20. The fourth-order valence-corrected chi connectivity index (χ4v) is 2.84. The predicted molar refractivity (Wildman–Crippen MR) is 94.0 cm³/mol. The largest absolute Gasteiger partial charge is 0.446 e. The minimum absolute atomic E-state index is 0.0437. The SMILES string of the molecule is C/C(CCn1cncn1)=N\OC(=O)N(C)Sc1cccc(C(F)(F)F)c1C. The molecular weight excluding hydrogens is 383 g/mol. The Balaban J connectivity index is 1.93. The van der Waals surface area contributed by atoms with E-state index in [4.69, 9.17) is 4.84 Å². The zero-order valence-corrected chi connectivity index (χ0v) is 15.7. The number of rotatable bonds is 6. The summed E-state index contributed by atoms with van der Waals surface area (Å²) in [7, 11) is 1.40. The highest BCUT2D eigenvalue weighted by atomic mass is 32.2. The van der Waals surface area contributed by atoms with Crippen LogP contribution in [0, 0.1) is 6.92 Å². The number of halogens is 3. The first-order valence-corrected chi connectivity index (χ1v) is 8.61. The standard InChI is InChI=1S/C16H18F3N5O2S/c1-11(7-8-24-10-20-9-21-24)22-26-15(25)23(3)27-14-6-4-5-13(12(14)2)16(17,18)19/h4-6,9-10H,7-8H2,1-3H3/b22-11+. The first kappa shape index (κ1) is 20.7. The third-order valence-electron chi connectivity index (χ3n) is 3.53. The summed E-state index contributed by atoms with van der Waals surface area (Å²) in [5.41, 5.74) is -0.133. The van der Waals surface area contributed by atoms with Gasteiger partial charge in [0.25, 0.3) is 0 Å². The molecule has 0 aliphatic rings. The van der Waals surface area contributed by atoms with Crippen molar-refractivity contribution in [1.82, 2.24) is 19.1 Å². The molecule has 1 amide bonds. The summed E-state index contributed by atoms with van der Waals surface area (Å²) < 4.78 is 41.6. The van der Waals surface area contributed by atoms with Crippen LogP contribution in [0.3, 0.4) is 0 Å². The summed E-state index contributed by atoms with van der Waals surface area (Å²) >= 11 is 0.839. The smallest absolute Gasteiger partial charge is 0.297 e. The zero-order chi connectivity index (χ0) is 20.0. The number of amides is 1. The van der Waals surface area contributed by atoms with E-state index >= 15 is 0 Å². The predicted octanol–water partition coefficient (Wildman–Crippen LogP) is 4.15. The van der Waals surface area contributed by atoms with Crippen LogP contribution in [-0.2, 0) is 17.6 Å². The summed E-state index contributed by atoms with van der Waals surface area (Å²) in [6.45, 7) is 3.58. The topological polar surface area (TPSA) is 72.6 Å². The third kappa shape index (κ3) is 5.98. The van der Waals surface area contributed by atoms with Crippen molar-refractivity contribution >= 4 is 23.8 Å². The van der Waals surface area contributed by atoms with E-state index in [-0.39, 0.29) is 5.56 Å². The molecule has 0 bridgehead atoms. The van der Waals surface area contributed by atoms with Gasteiger partial charge < -0.3 is 0 Å². The number of oxime groups is 1. The molecule has 0 radical (unpaired) electrons. The Morgan fingerprint density at radius 2 is 2.15 bits per heavy atom. The first-order valence-electron chi connectivity index (χ1n) is 7.84. The summed E-state index contributed by atoms with van der Waals surface area (Å²) in [6, 6.07) is 3.80. The zero-order valence-electron chi connectivity index (χ0n) is 14.9. The van der Waals surface area contributed by atoms with Gasteiger partial charge in [0.1, 0.15) is 12.7 Å². The van der Waals surface area contributed by atoms with Crippen molar-refractivity contribution in [2.24, 2.45) is 5.16 Å². The summed E-state index contributed by atoms with van der Waals surface area (Å²) in [6.07, 6.45) is -1.78. The maximum atomic E-state index is 13.0. The van der Waals surface area contributed by atoms with Crippen LogP contribution in [0.1, 0.15) is 24.5 Å². The minimum Gasteiger partial charge on any atom is -0.297 e. The number of hydrogen-bond donors (Lipinski definition) is 0. The minimum atomic E-state index is -4.45. The van der Waals surface area contributed by atoms with Crippen LogP contribution in [0.2, 0.25) is 0 Å². The molecule has 0 aliphatic carbocycles. The monoisotopic (exact) mass is 401 g/mol. The lowest BCUT2D eigenvalue weighted by atomic mass is 10.1. The van der Waals surface area contributed by atoms with E-state index in [1.165, 1.54) is 32.4 Å². The van der Waals surface area contributed by atoms with E-state index in [1.54, 1.807) is 17.9 Å². The first-order chi connectivity index (χ1) is 12.7. The van der Waals surface area contributed by atoms with Gasteiger partial charge in [0, 0.05) is 24.9 Å². The van der Waals surface area contributed by atoms with Crippen LogP contribution in [0.15, 0.2) is 40.9 Å². The quantitative estimate of drug-likeness (QED) is 0.315. The molecule has 2 rings (SSSR count). The van der Waals surface area contributed by atoms with Crippen molar-refractivity contribution in [3.8, 4) is 0 Å². The molecule has 0 fully saturated rings. The number of aryl methyl sites for hydroxylation is 1. The summed E-state index contributed by atoms with van der Waals surface area (Å²) in [5, 5.41) is 7.68. The highest BCUT2D eigenvalue weighted by molar-refractivity contribution is 7.97. The van der Waals surface area contributed by atoms with Gasteiger partial charge in [-0.2, -0.15) is 18.3 Å². The molecule has 27 heavy (non-hydrogen) atoms. The number of nitrogens with zero attached hydrogens (tertiary/aromatic N) is 5. The fraction of sp³-hybridized carbons (Fsp3) is 0.375. The number of benzene rings is 1. The molecular formula is C16H18F3N5O2S. The molecule has 0 saturated carbocycles. The van der Waals surface area contributed by atoms with Crippen LogP contribution in [0.5, 0.6) is 0 Å². The molecule has 0 unspecified atom stereocenters. The molecule has 11 heteroatoms. The molecule has 0 saturated heterocycles. The number of aromatic nitrogens is 3. The average molecular weight is 401 g/mol. The van der Waals surface area contributed by atoms with Crippen LogP contribution in [0.25, 0.3) is 0 Å². The van der Waals surface area contributed by atoms with Gasteiger partial charge in [0.15, 0.2) is 0 Å². The van der Waals surface area contributed by atoms with Crippen molar-refractivity contribution in [2.45, 2.75) is 37.9 Å². The van der Waals surface area contributed by atoms with Crippen molar-refractivity contribution < 1.29 is 22.8 Å². The van der Waals surface area contributed by atoms with Gasteiger partial charge in [-0.05, 0) is 43.5 Å². The normalized spacial score (nSPS) is 12.1. The van der Waals surface area contributed by atoms with Gasteiger partial charge in [-0.3, -0.25) is 9.52 Å². The molecule has 1 heterocycles. The van der Waals surface area contributed by atoms with Gasteiger partial charge in [-0.15, -0.1) is 0 Å². The van der Waals surface area contributed by atoms with E-state index in [1.807, 2.05) is 0 Å². The van der Waals surface area contributed by atoms with Crippen molar-refractivity contribution in [3.63, 3.8) is 0 Å². The summed E-state index contributed by atoms with van der Waals surface area (Å²) in [5.74, 6) is 0. The van der Waals surface area contributed by atoms with Gasteiger partial charge >= 0.3 is 12.3 Å². The summed E-state index contributed by atoms with van der Waals surface area (Å²) in [4.78, 5) is 21.0. The van der Waals surface area contributed by atoms with E-state index in [2.05, 4.69) is 15.2 Å². The lowest BCUT2D eigenvalue weighted by molar-refractivity contribution is -0.138. The average Bonchev–Trinajstić information content (AvgIpc) is 3.12. The maximum Gasteiger partial charge on any atom is 0.446 e. The third-order valence-corrected chi connectivity index (χ3v) is 4.59. The Morgan fingerprint density at radius 1 is 1.41 bits per heavy atom. The molecule has 7 nitrogen and oxygen atoms in total. The van der Waals surface area contributed by atoms with Gasteiger partial charge in [-0.25, -0.2) is 14.1 Å². The highest BCUT2D eigenvalue weighted by Gasteiger charge is 2.33. The molecule has 0 atom stereocenters.